The molecule has 6 rings (SSSR count). The molecule has 5 heteroatoms. The van der Waals surface area contributed by atoms with Crippen LogP contribution >= 0.6 is 0 Å². The quantitative estimate of drug-likeness (QED) is 0.368. The Morgan fingerprint density at radius 3 is 2.63 bits per heavy atom. The Kier molecular flexibility index (Phi) is 5.86. The van der Waals surface area contributed by atoms with E-state index in [2.05, 4.69) is 26.0 Å². The lowest BCUT2D eigenvalue weighted by molar-refractivity contribution is -0.139. The van der Waals surface area contributed by atoms with Crippen molar-refractivity contribution in [2.45, 2.75) is 58.5 Å². The van der Waals surface area contributed by atoms with Gasteiger partial charge in [0.1, 0.15) is 23.9 Å². The maximum atomic E-state index is 15.0. The van der Waals surface area contributed by atoms with Crippen LogP contribution in [0.3, 0.4) is 0 Å². The molecule has 0 amide bonds. The van der Waals surface area contributed by atoms with Crippen molar-refractivity contribution in [3.8, 4) is 22.6 Å². The van der Waals surface area contributed by atoms with Crippen LogP contribution < -0.4 is 9.47 Å². The summed E-state index contributed by atoms with van der Waals surface area (Å²) < 4.78 is 27.0. The topological polar surface area (TPSA) is 55.8 Å². The van der Waals surface area contributed by atoms with Crippen LogP contribution in [0.1, 0.15) is 61.8 Å². The smallest absolute Gasteiger partial charge is 0.307 e. The maximum absolute atomic E-state index is 15.0. The van der Waals surface area contributed by atoms with Crippen LogP contribution in [0.15, 0.2) is 60.7 Å². The number of carboxylic acids is 1. The molecule has 0 saturated heterocycles. The summed E-state index contributed by atoms with van der Waals surface area (Å²) >= 11 is 0. The van der Waals surface area contributed by atoms with Gasteiger partial charge in [0.05, 0.1) is 12.5 Å². The number of hydrogen-bond donors (Lipinski definition) is 1. The number of ether oxygens (including phenoxy) is 2. The number of fused-ring (bicyclic) bond motifs is 2. The molecule has 196 valence electrons. The zero-order chi connectivity index (χ0) is 26.7. The summed E-state index contributed by atoms with van der Waals surface area (Å²) in [6, 6.07) is 17.2. The summed E-state index contributed by atoms with van der Waals surface area (Å²) in [6.45, 7) is 7.38. The molecule has 3 aromatic carbocycles. The highest BCUT2D eigenvalue weighted by atomic mass is 19.1. The van der Waals surface area contributed by atoms with Crippen LogP contribution in [0.25, 0.3) is 16.7 Å². The van der Waals surface area contributed by atoms with Crippen LogP contribution in [-0.2, 0) is 16.8 Å². The molecule has 1 saturated carbocycles. The van der Waals surface area contributed by atoms with Crippen LogP contribution in [0.2, 0.25) is 0 Å². The van der Waals surface area contributed by atoms with Crippen LogP contribution in [0, 0.1) is 24.1 Å². The number of hydrogen-bond acceptors (Lipinski definition) is 3. The maximum Gasteiger partial charge on any atom is 0.307 e. The Labute approximate surface area is 223 Å². The molecule has 0 radical (unpaired) electrons. The van der Waals surface area contributed by atoms with Crippen molar-refractivity contribution in [2.75, 3.05) is 6.61 Å². The number of carboxylic acid groups (broad SMARTS) is 1. The van der Waals surface area contributed by atoms with E-state index in [0.717, 1.165) is 46.4 Å². The fourth-order valence-corrected chi connectivity index (χ4v) is 6.41. The van der Waals surface area contributed by atoms with Gasteiger partial charge in [-0.3, -0.25) is 4.79 Å². The average molecular weight is 513 g/mol. The standard InChI is InChI=1S/C33H33FO4/c1-20-6-10-29(34)25(15-20)23-9-7-21(16-24(23)26-5-4-12-32(26,2)3)19-38-22-8-11-30-27(17-22)33(13-14-37-30)18-28(33)31(35)36/h5-11,15-17,28H,4,12-14,18-19H2,1-3H3,(H,35,36)/t28-,33-/m0/s1. The second-order valence-electron chi connectivity index (χ2n) is 11.7. The normalized spacial score (nSPS) is 22.9. The minimum Gasteiger partial charge on any atom is -0.493 e. The molecule has 1 N–H and O–H groups in total. The van der Waals surface area contributed by atoms with Gasteiger partial charge in [-0.1, -0.05) is 43.7 Å². The van der Waals surface area contributed by atoms with Crippen LogP contribution in [0.4, 0.5) is 4.39 Å². The highest BCUT2D eigenvalue weighted by molar-refractivity contribution is 5.85. The van der Waals surface area contributed by atoms with Crippen molar-refractivity contribution in [3.63, 3.8) is 0 Å². The highest BCUT2D eigenvalue weighted by Gasteiger charge is 2.61. The van der Waals surface area contributed by atoms with E-state index in [-0.39, 0.29) is 22.6 Å². The summed E-state index contributed by atoms with van der Waals surface area (Å²) in [7, 11) is 0. The van der Waals surface area contributed by atoms with Gasteiger partial charge < -0.3 is 14.6 Å². The van der Waals surface area contributed by atoms with Gasteiger partial charge in [0, 0.05) is 16.5 Å². The Morgan fingerprint density at radius 1 is 1.05 bits per heavy atom. The third-order valence-corrected chi connectivity index (χ3v) is 8.71. The third kappa shape index (κ3) is 4.18. The number of carbonyl (C=O) groups is 1. The van der Waals surface area contributed by atoms with Gasteiger partial charge in [0.2, 0.25) is 0 Å². The number of halogens is 1. The number of rotatable bonds is 6. The molecular formula is C33H33FO4. The summed E-state index contributed by atoms with van der Waals surface area (Å²) in [6.07, 6.45) is 5.72. The van der Waals surface area contributed by atoms with Crippen molar-refractivity contribution in [3.05, 3.63) is 88.7 Å². The van der Waals surface area contributed by atoms with E-state index < -0.39 is 5.97 Å². The molecule has 0 unspecified atom stereocenters. The molecule has 1 heterocycles. The zero-order valence-corrected chi connectivity index (χ0v) is 22.1. The molecular weight excluding hydrogens is 479 g/mol. The van der Waals surface area contributed by atoms with Crippen molar-refractivity contribution in [2.24, 2.45) is 11.3 Å². The molecule has 2 aliphatic carbocycles. The fraction of sp³-hybridized carbons (Fsp3) is 0.364. The Hall–Kier alpha value is -3.60. The molecule has 2 atom stereocenters. The van der Waals surface area contributed by atoms with Crippen LogP contribution in [-0.4, -0.2) is 17.7 Å². The highest BCUT2D eigenvalue weighted by Crippen LogP contribution is 2.61. The first-order valence-corrected chi connectivity index (χ1v) is 13.4. The molecule has 3 aliphatic rings. The van der Waals surface area contributed by atoms with Gasteiger partial charge in [-0.15, -0.1) is 0 Å². The van der Waals surface area contributed by atoms with E-state index in [0.29, 0.717) is 37.4 Å². The van der Waals surface area contributed by atoms with Gasteiger partial charge >= 0.3 is 5.97 Å². The number of aryl methyl sites for hydroxylation is 1. The largest absolute Gasteiger partial charge is 0.493 e. The summed E-state index contributed by atoms with van der Waals surface area (Å²) in [4.78, 5) is 11.7. The number of aliphatic carboxylic acids is 1. The van der Waals surface area contributed by atoms with Gasteiger partial charge in [-0.2, -0.15) is 0 Å². The van der Waals surface area contributed by atoms with Crippen molar-refractivity contribution >= 4 is 11.5 Å². The summed E-state index contributed by atoms with van der Waals surface area (Å²) in [5.41, 5.74) is 6.45. The van der Waals surface area contributed by atoms with Crippen molar-refractivity contribution < 1.29 is 23.8 Å². The zero-order valence-electron chi connectivity index (χ0n) is 22.1. The Morgan fingerprint density at radius 2 is 1.89 bits per heavy atom. The SMILES string of the molecule is Cc1ccc(F)c(-c2ccc(COc3ccc4c(c3)[C@]3(CCO4)C[C@H]3C(=O)O)cc2C2=CCCC2(C)C)c1. The first kappa shape index (κ1) is 24.7. The lowest BCUT2D eigenvalue weighted by Crippen LogP contribution is -2.24. The monoisotopic (exact) mass is 512 g/mol. The van der Waals surface area contributed by atoms with Gasteiger partial charge in [0.25, 0.3) is 0 Å². The molecule has 3 aromatic rings. The molecule has 0 aromatic heterocycles. The third-order valence-electron chi connectivity index (χ3n) is 8.71. The van der Waals surface area contributed by atoms with E-state index in [4.69, 9.17) is 9.47 Å². The minimum atomic E-state index is -0.744. The predicted molar refractivity (Wildman–Crippen MR) is 146 cm³/mol. The van der Waals surface area contributed by atoms with Crippen molar-refractivity contribution in [1.82, 2.24) is 0 Å². The molecule has 1 spiro atoms. The van der Waals surface area contributed by atoms with Gasteiger partial charge in [-0.05, 0) is 96.7 Å². The van der Waals surface area contributed by atoms with Gasteiger partial charge in [-0.25, -0.2) is 4.39 Å². The summed E-state index contributed by atoms with van der Waals surface area (Å²) in [5.74, 6) is 0.128. The average Bonchev–Trinajstić information content (AvgIpc) is 3.50. The van der Waals surface area contributed by atoms with E-state index in [1.165, 1.54) is 5.57 Å². The number of benzene rings is 3. The lowest BCUT2D eigenvalue weighted by Gasteiger charge is -2.27. The fourth-order valence-electron chi connectivity index (χ4n) is 6.41. The van der Waals surface area contributed by atoms with E-state index in [9.17, 15) is 14.3 Å². The first-order chi connectivity index (χ1) is 18.2. The van der Waals surface area contributed by atoms with Crippen molar-refractivity contribution in [1.29, 1.82) is 0 Å². The molecule has 1 aliphatic heterocycles. The summed E-state index contributed by atoms with van der Waals surface area (Å²) in [5, 5.41) is 9.61. The Balaban J connectivity index is 1.31. The molecule has 4 nitrogen and oxygen atoms in total. The minimum absolute atomic E-state index is 0.00624. The van der Waals surface area contributed by atoms with Gasteiger partial charge in [0.15, 0.2) is 0 Å². The molecule has 1 fully saturated rings. The van der Waals surface area contributed by atoms with E-state index in [1.807, 2.05) is 43.3 Å². The predicted octanol–water partition coefficient (Wildman–Crippen LogP) is 7.71. The second-order valence-corrected chi connectivity index (χ2v) is 11.7. The van der Waals surface area contributed by atoms with Crippen LogP contribution in [0.5, 0.6) is 11.5 Å². The van der Waals surface area contributed by atoms with E-state index >= 15 is 0 Å². The first-order valence-electron chi connectivity index (χ1n) is 13.4. The van der Waals surface area contributed by atoms with E-state index in [1.54, 1.807) is 12.1 Å². The molecule has 38 heavy (non-hydrogen) atoms. The Bertz CT molecular complexity index is 1470. The second kappa shape index (κ2) is 9.00. The number of allylic oxidation sites excluding steroid dienone is 2. The molecule has 0 bridgehead atoms. The lowest BCUT2D eigenvalue weighted by atomic mass is 9.79.